The van der Waals surface area contributed by atoms with E-state index in [0.717, 1.165) is 16.7 Å². The largest absolute Gasteiger partial charge is 0.348 e. The molecule has 2 aromatic heterocycles. The average Bonchev–Trinajstić information content (AvgIpc) is 3.11. The molecule has 0 atom stereocenters. The number of benzene rings is 1. The molecule has 0 aliphatic carbocycles. The van der Waals surface area contributed by atoms with Gasteiger partial charge in [0.1, 0.15) is 5.82 Å². The maximum absolute atomic E-state index is 13.9. The summed E-state index contributed by atoms with van der Waals surface area (Å²) < 4.78 is 15.9. The van der Waals surface area contributed by atoms with Crippen LogP contribution < -0.4 is 5.32 Å². The summed E-state index contributed by atoms with van der Waals surface area (Å²) >= 11 is 2.83. The Labute approximate surface area is 184 Å². The number of rotatable bonds is 10. The third-order valence-corrected chi connectivity index (χ3v) is 6.05. The van der Waals surface area contributed by atoms with Crippen molar-refractivity contribution in [3.8, 4) is 0 Å². The number of halogens is 1. The first-order valence-corrected chi connectivity index (χ1v) is 11.6. The number of carbonyl (C=O) groups is 1. The van der Waals surface area contributed by atoms with Gasteiger partial charge in [0.05, 0.1) is 17.3 Å². The molecule has 158 valence electrons. The molecule has 9 heteroatoms. The zero-order valence-electron chi connectivity index (χ0n) is 16.9. The highest BCUT2D eigenvalue weighted by molar-refractivity contribution is 7.99. The van der Waals surface area contributed by atoms with Gasteiger partial charge in [-0.3, -0.25) is 4.79 Å². The van der Waals surface area contributed by atoms with Crippen LogP contribution in [0.15, 0.2) is 58.8 Å². The van der Waals surface area contributed by atoms with E-state index in [2.05, 4.69) is 34.3 Å². The van der Waals surface area contributed by atoms with E-state index in [4.69, 9.17) is 0 Å². The smallest absolute Gasteiger partial charge is 0.230 e. The normalized spacial score (nSPS) is 11.1. The van der Waals surface area contributed by atoms with Gasteiger partial charge in [-0.25, -0.2) is 9.37 Å². The Hall–Kier alpha value is -2.39. The molecule has 0 aliphatic rings. The van der Waals surface area contributed by atoms with Crippen LogP contribution in [0.5, 0.6) is 0 Å². The summed E-state index contributed by atoms with van der Waals surface area (Å²) in [6, 6.07) is 12.3. The monoisotopic (exact) mass is 445 g/mol. The van der Waals surface area contributed by atoms with E-state index >= 15 is 0 Å². The van der Waals surface area contributed by atoms with Crippen LogP contribution in [0, 0.1) is 11.7 Å². The molecule has 0 fully saturated rings. The lowest BCUT2D eigenvalue weighted by molar-refractivity contribution is -0.118. The van der Waals surface area contributed by atoms with Crippen molar-refractivity contribution in [2.75, 3.05) is 5.75 Å². The second-order valence-electron chi connectivity index (χ2n) is 7.02. The zero-order valence-corrected chi connectivity index (χ0v) is 18.5. The maximum atomic E-state index is 13.9. The number of hydrogen-bond donors (Lipinski definition) is 1. The van der Waals surface area contributed by atoms with Crippen molar-refractivity contribution >= 4 is 29.4 Å². The SMILES string of the molecule is CC(C)Cn1c(CNC(=O)CSc2ccccn2)nnc1SCc1ccccc1F. The number of thioether (sulfide) groups is 2. The molecule has 6 nitrogen and oxygen atoms in total. The van der Waals surface area contributed by atoms with Crippen molar-refractivity contribution in [3.63, 3.8) is 0 Å². The van der Waals surface area contributed by atoms with Crippen LogP contribution >= 0.6 is 23.5 Å². The van der Waals surface area contributed by atoms with Crippen LogP contribution in [0.25, 0.3) is 0 Å². The summed E-state index contributed by atoms with van der Waals surface area (Å²) in [5, 5.41) is 13.0. The minimum atomic E-state index is -0.224. The van der Waals surface area contributed by atoms with E-state index in [1.54, 1.807) is 18.3 Å². The molecule has 3 rings (SSSR count). The van der Waals surface area contributed by atoms with Gasteiger partial charge in [0.25, 0.3) is 0 Å². The van der Waals surface area contributed by atoms with E-state index in [1.807, 2.05) is 28.8 Å². The van der Waals surface area contributed by atoms with Gasteiger partial charge < -0.3 is 9.88 Å². The molecule has 2 heterocycles. The maximum Gasteiger partial charge on any atom is 0.230 e. The first-order valence-electron chi connectivity index (χ1n) is 9.61. The number of hydrogen-bond acceptors (Lipinski definition) is 6. The molecule has 0 saturated heterocycles. The van der Waals surface area contributed by atoms with Crippen molar-refractivity contribution in [3.05, 3.63) is 65.9 Å². The van der Waals surface area contributed by atoms with Crippen molar-refractivity contribution in [2.45, 2.75) is 42.9 Å². The summed E-state index contributed by atoms with van der Waals surface area (Å²) in [6.45, 7) is 5.23. The molecule has 0 aliphatic heterocycles. The Bertz CT molecular complexity index is 965. The first kappa shape index (κ1) is 22.3. The van der Waals surface area contributed by atoms with E-state index in [1.165, 1.54) is 29.6 Å². The van der Waals surface area contributed by atoms with Crippen molar-refractivity contribution in [2.24, 2.45) is 5.92 Å². The molecule has 1 N–H and O–H groups in total. The van der Waals surface area contributed by atoms with E-state index in [9.17, 15) is 9.18 Å². The second-order valence-corrected chi connectivity index (χ2v) is 8.95. The predicted octanol–water partition coefficient (Wildman–Crippen LogP) is 4.17. The number of carbonyl (C=O) groups excluding carboxylic acids is 1. The van der Waals surface area contributed by atoms with Crippen LogP contribution in [0.3, 0.4) is 0 Å². The minimum Gasteiger partial charge on any atom is -0.348 e. The lowest BCUT2D eigenvalue weighted by Crippen LogP contribution is -2.26. The molecule has 0 saturated carbocycles. The van der Waals surface area contributed by atoms with Gasteiger partial charge >= 0.3 is 0 Å². The molecule has 0 bridgehead atoms. The zero-order chi connectivity index (χ0) is 21.3. The summed E-state index contributed by atoms with van der Waals surface area (Å²) in [7, 11) is 0. The lowest BCUT2D eigenvalue weighted by Gasteiger charge is -2.13. The molecular weight excluding hydrogens is 421 g/mol. The Kier molecular flexibility index (Phi) is 8.27. The quantitative estimate of drug-likeness (QED) is 0.472. The Morgan fingerprint density at radius 1 is 1.13 bits per heavy atom. The molecular formula is C21H24FN5OS2. The summed E-state index contributed by atoms with van der Waals surface area (Å²) in [5.41, 5.74) is 0.628. The first-order chi connectivity index (χ1) is 14.5. The van der Waals surface area contributed by atoms with Gasteiger partial charge in [0.15, 0.2) is 11.0 Å². The highest BCUT2D eigenvalue weighted by Crippen LogP contribution is 2.24. The molecule has 1 aromatic carbocycles. The average molecular weight is 446 g/mol. The van der Waals surface area contributed by atoms with Gasteiger partial charge in [-0.1, -0.05) is 61.6 Å². The Balaban J connectivity index is 1.59. The number of aromatic nitrogens is 4. The number of amides is 1. The second kappa shape index (κ2) is 11.1. The molecule has 0 radical (unpaired) electrons. The van der Waals surface area contributed by atoms with Crippen LogP contribution in [0.4, 0.5) is 4.39 Å². The van der Waals surface area contributed by atoms with Crippen molar-refractivity contribution in [1.82, 2.24) is 25.1 Å². The third kappa shape index (κ3) is 6.56. The van der Waals surface area contributed by atoms with Gasteiger partial charge in [-0.15, -0.1) is 10.2 Å². The summed E-state index contributed by atoms with van der Waals surface area (Å²) in [6.07, 6.45) is 1.70. The fourth-order valence-corrected chi connectivity index (χ4v) is 4.31. The minimum absolute atomic E-state index is 0.0923. The van der Waals surface area contributed by atoms with Crippen LogP contribution in [-0.2, 0) is 23.6 Å². The van der Waals surface area contributed by atoms with Gasteiger partial charge in [-0.05, 0) is 29.7 Å². The fourth-order valence-electron chi connectivity index (χ4n) is 2.66. The van der Waals surface area contributed by atoms with E-state index in [0.29, 0.717) is 29.6 Å². The molecule has 0 spiro atoms. The summed E-state index contributed by atoms with van der Waals surface area (Å²) in [4.78, 5) is 16.4. The van der Waals surface area contributed by atoms with Crippen molar-refractivity contribution < 1.29 is 9.18 Å². The van der Waals surface area contributed by atoms with E-state index in [-0.39, 0.29) is 17.5 Å². The Morgan fingerprint density at radius 3 is 2.67 bits per heavy atom. The Morgan fingerprint density at radius 2 is 1.93 bits per heavy atom. The van der Waals surface area contributed by atoms with E-state index < -0.39 is 0 Å². The van der Waals surface area contributed by atoms with Crippen molar-refractivity contribution in [1.29, 1.82) is 0 Å². The van der Waals surface area contributed by atoms with Crippen LogP contribution in [0.1, 0.15) is 25.2 Å². The fraction of sp³-hybridized carbons (Fsp3) is 0.333. The standard InChI is InChI=1S/C21H24FN5OS2/c1-15(2)12-27-18(11-24-19(28)14-29-20-9-5-6-10-23-20)25-26-21(27)30-13-16-7-3-4-8-17(16)22/h3-10,15H,11-14H2,1-2H3,(H,24,28). The highest BCUT2D eigenvalue weighted by Gasteiger charge is 2.15. The molecule has 0 unspecified atom stereocenters. The lowest BCUT2D eigenvalue weighted by atomic mass is 10.2. The number of nitrogens with one attached hydrogen (secondary N) is 1. The topological polar surface area (TPSA) is 72.7 Å². The number of pyridine rings is 1. The number of nitrogens with zero attached hydrogens (tertiary/aromatic N) is 4. The van der Waals surface area contributed by atoms with Gasteiger partial charge in [0, 0.05) is 18.5 Å². The third-order valence-electron chi connectivity index (χ3n) is 4.09. The predicted molar refractivity (Wildman–Crippen MR) is 118 cm³/mol. The molecule has 30 heavy (non-hydrogen) atoms. The van der Waals surface area contributed by atoms with Gasteiger partial charge in [0.2, 0.25) is 5.91 Å². The van der Waals surface area contributed by atoms with Gasteiger partial charge in [-0.2, -0.15) is 0 Å². The summed E-state index contributed by atoms with van der Waals surface area (Å²) in [5.74, 6) is 1.50. The molecule has 3 aromatic rings. The molecule has 1 amide bonds. The van der Waals surface area contributed by atoms with Crippen LogP contribution in [0.2, 0.25) is 0 Å². The van der Waals surface area contributed by atoms with Crippen LogP contribution in [-0.4, -0.2) is 31.4 Å². The highest BCUT2D eigenvalue weighted by atomic mass is 32.2.